The fraction of sp³-hybridized carbons (Fsp3) is 0.500. The van der Waals surface area contributed by atoms with Crippen LogP contribution < -0.4 is 5.32 Å². The summed E-state index contributed by atoms with van der Waals surface area (Å²) in [7, 11) is 0. The van der Waals surface area contributed by atoms with Crippen LogP contribution in [0.15, 0.2) is 16.6 Å². The Kier molecular flexibility index (Phi) is 5.70. The van der Waals surface area contributed by atoms with Crippen LogP contribution in [0.5, 0.6) is 0 Å². The molecule has 1 aliphatic heterocycles. The summed E-state index contributed by atoms with van der Waals surface area (Å²) in [5.41, 5.74) is 0.688. The van der Waals surface area contributed by atoms with E-state index < -0.39 is 0 Å². The zero-order chi connectivity index (χ0) is 15.4. The highest BCUT2D eigenvalue weighted by Crippen LogP contribution is 2.33. The highest BCUT2D eigenvalue weighted by Gasteiger charge is 2.24. The van der Waals surface area contributed by atoms with Gasteiger partial charge in [0.15, 0.2) is 0 Å². The van der Waals surface area contributed by atoms with Gasteiger partial charge in [-0.05, 0) is 47.8 Å². The van der Waals surface area contributed by atoms with Crippen molar-refractivity contribution < 1.29 is 13.9 Å². The Morgan fingerprint density at radius 3 is 2.76 bits per heavy atom. The lowest BCUT2D eigenvalue weighted by molar-refractivity contribution is 0.0983. The van der Waals surface area contributed by atoms with Crippen LogP contribution in [-0.4, -0.2) is 36.7 Å². The van der Waals surface area contributed by atoms with Crippen molar-refractivity contribution >= 4 is 39.3 Å². The maximum atomic E-state index is 13.2. The largest absolute Gasteiger partial charge is 0.450 e. The first-order valence-electron chi connectivity index (χ1n) is 6.84. The zero-order valence-electron chi connectivity index (χ0n) is 11.7. The van der Waals surface area contributed by atoms with Crippen molar-refractivity contribution in [3.8, 4) is 0 Å². The van der Waals surface area contributed by atoms with Gasteiger partial charge in [0.25, 0.3) is 0 Å². The Labute approximate surface area is 136 Å². The van der Waals surface area contributed by atoms with Gasteiger partial charge in [0, 0.05) is 23.6 Å². The number of halogens is 3. The third kappa shape index (κ3) is 4.23. The van der Waals surface area contributed by atoms with Crippen LogP contribution in [0.1, 0.15) is 19.8 Å². The molecule has 1 fully saturated rings. The number of carbonyl (C=O) groups excluding carboxylic acids is 1. The number of rotatable bonds is 3. The van der Waals surface area contributed by atoms with Gasteiger partial charge in [-0.1, -0.05) is 11.6 Å². The standard InChI is InChI=1S/C14H17BrClFN2O2/c1-2-21-14(20)19-5-3-10(4-6-19)18-13-11(15)7-9(17)8-12(13)16/h7-8,10,18H,2-6H2,1H3. The minimum absolute atomic E-state index is 0.190. The fourth-order valence-electron chi connectivity index (χ4n) is 2.31. The van der Waals surface area contributed by atoms with Crippen molar-refractivity contribution in [3.63, 3.8) is 0 Å². The van der Waals surface area contributed by atoms with Crippen molar-refractivity contribution in [1.82, 2.24) is 4.90 Å². The van der Waals surface area contributed by atoms with Gasteiger partial charge >= 0.3 is 6.09 Å². The third-order valence-corrected chi connectivity index (χ3v) is 4.30. The average Bonchev–Trinajstić information content (AvgIpc) is 2.43. The van der Waals surface area contributed by atoms with Crippen molar-refractivity contribution in [2.45, 2.75) is 25.8 Å². The van der Waals surface area contributed by atoms with Gasteiger partial charge in [-0.25, -0.2) is 9.18 Å². The first kappa shape index (κ1) is 16.4. The minimum atomic E-state index is -0.380. The molecule has 0 unspecified atom stereocenters. The van der Waals surface area contributed by atoms with Crippen LogP contribution in [0.25, 0.3) is 0 Å². The summed E-state index contributed by atoms with van der Waals surface area (Å²) in [4.78, 5) is 13.3. The Bertz CT molecular complexity index is 499. The predicted molar refractivity (Wildman–Crippen MR) is 84.3 cm³/mol. The number of anilines is 1. The molecular formula is C14H17BrClFN2O2. The van der Waals surface area contributed by atoms with Crippen LogP contribution >= 0.6 is 27.5 Å². The quantitative estimate of drug-likeness (QED) is 0.852. The van der Waals surface area contributed by atoms with E-state index in [4.69, 9.17) is 16.3 Å². The monoisotopic (exact) mass is 378 g/mol. The van der Waals surface area contributed by atoms with Gasteiger partial charge in [0.05, 0.1) is 17.3 Å². The first-order chi connectivity index (χ1) is 10.0. The molecule has 1 aromatic rings. The number of ether oxygens (including phenoxy) is 1. The molecule has 1 aromatic carbocycles. The highest BCUT2D eigenvalue weighted by atomic mass is 79.9. The molecule has 0 aromatic heterocycles. The molecule has 1 saturated heterocycles. The van der Waals surface area contributed by atoms with E-state index in [0.29, 0.717) is 34.9 Å². The van der Waals surface area contributed by atoms with E-state index in [2.05, 4.69) is 21.2 Å². The molecule has 21 heavy (non-hydrogen) atoms. The summed E-state index contributed by atoms with van der Waals surface area (Å²) in [6.07, 6.45) is 1.31. The number of piperidine rings is 1. The Morgan fingerprint density at radius 2 is 2.19 bits per heavy atom. The van der Waals surface area contributed by atoms with Gasteiger partial charge in [-0.15, -0.1) is 0 Å². The maximum absolute atomic E-state index is 13.2. The third-order valence-electron chi connectivity index (χ3n) is 3.38. The molecule has 0 bridgehead atoms. The van der Waals surface area contributed by atoms with E-state index in [9.17, 15) is 9.18 Å². The van der Waals surface area contributed by atoms with E-state index in [0.717, 1.165) is 12.8 Å². The number of hydrogen-bond donors (Lipinski definition) is 1. The molecule has 0 spiro atoms. The van der Waals surface area contributed by atoms with E-state index in [-0.39, 0.29) is 18.0 Å². The average molecular weight is 380 g/mol. The zero-order valence-corrected chi connectivity index (χ0v) is 14.0. The molecule has 0 aliphatic carbocycles. The molecule has 0 radical (unpaired) electrons. The predicted octanol–water partition coefficient (Wildman–Crippen LogP) is 4.27. The molecule has 2 rings (SSSR count). The lowest BCUT2D eigenvalue weighted by Crippen LogP contribution is -2.42. The van der Waals surface area contributed by atoms with Gasteiger partial charge in [0.2, 0.25) is 0 Å². The van der Waals surface area contributed by atoms with Crippen LogP contribution in [0.2, 0.25) is 5.02 Å². The highest BCUT2D eigenvalue weighted by molar-refractivity contribution is 9.10. The lowest BCUT2D eigenvalue weighted by atomic mass is 10.1. The van der Waals surface area contributed by atoms with Crippen LogP contribution in [0.3, 0.4) is 0 Å². The SMILES string of the molecule is CCOC(=O)N1CCC(Nc2c(Cl)cc(F)cc2Br)CC1. The van der Waals surface area contributed by atoms with Crippen LogP contribution in [-0.2, 0) is 4.74 Å². The van der Waals surface area contributed by atoms with Gasteiger partial charge in [-0.3, -0.25) is 0 Å². The number of amides is 1. The molecule has 116 valence electrons. The molecule has 4 nitrogen and oxygen atoms in total. The van der Waals surface area contributed by atoms with Crippen molar-refractivity contribution in [2.24, 2.45) is 0 Å². The summed E-state index contributed by atoms with van der Waals surface area (Å²) < 4.78 is 18.8. The molecule has 0 saturated carbocycles. The maximum Gasteiger partial charge on any atom is 0.409 e. The van der Waals surface area contributed by atoms with Gasteiger partial charge < -0.3 is 15.0 Å². The smallest absolute Gasteiger partial charge is 0.409 e. The first-order valence-corrected chi connectivity index (χ1v) is 8.01. The van der Waals surface area contributed by atoms with E-state index in [1.54, 1.807) is 11.8 Å². The molecular weight excluding hydrogens is 363 g/mol. The van der Waals surface area contributed by atoms with Crippen molar-refractivity contribution in [1.29, 1.82) is 0 Å². The number of nitrogens with zero attached hydrogens (tertiary/aromatic N) is 1. The second-order valence-corrected chi connectivity index (χ2v) is 6.11. The molecule has 7 heteroatoms. The van der Waals surface area contributed by atoms with E-state index >= 15 is 0 Å². The van der Waals surface area contributed by atoms with Crippen LogP contribution in [0.4, 0.5) is 14.9 Å². The van der Waals surface area contributed by atoms with Crippen molar-refractivity contribution in [2.75, 3.05) is 25.0 Å². The Morgan fingerprint density at radius 1 is 1.52 bits per heavy atom. The topological polar surface area (TPSA) is 41.6 Å². The second-order valence-electron chi connectivity index (χ2n) is 4.85. The normalized spacial score (nSPS) is 15.9. The molecule has 1 heterocycles. The molecule has 0 atom stereocenters. The summed E-state index contributed by atoms with van der Waals surface area (Å²) in [5, 5.41) is 3.65. The summed E-state index contributed by atoms with van der Waals surface area (Å²) in [5.74, 6) is -0.380. The van der Waals surface area contributed by atoms with Gasteiger partial charge in [-0.2, -0.15) is 0 Å². The van der Waals surface area contributed by atoms with E-state index in [1.807, 2.05) is 0 Å². The molecule has 1 amide bonds. The van der Waals surface area contributed by atoms with E-state index in [1.165, 1.54) is 12.1 Å². The fourth-order valence-corrected chi connectivity index (χ4v) is 3.23. The molecule has 1 N–H and O–H groups in total. The Balaban J connectivity index is 1.94. The molecule has 1 aliphatic rings. The second kappa shape index (κ2) is 7.31. The minimum Gasteiger partial charge on any atom is -0.450 e. The summed E-state index contributed by atoms with van der Waals surface area (Å²) in [6.45, 7) is 3.44. The van der Waals surface area contributed by atoms with Gasteiger partial charge in [0.1, 0.15) is 5.82 Å². The number of benzene rings is 1. The lowest BCUT2D eigenvalue weighted by Gasteiger charge is -2.32. The number of carbonyl (C=O) groups is 1. The Hall–Kier alpha value is -1.01. The number of nitrogens with one attached hydrogen (secondary N) is 1. The summed E-state index contributed by atoms with van der Waals surface area (Å²) in [6, 6.07) is 2.85. The number of likely N-dealkylation sites (tertiary alicyclic amines) is 1. The van der Waals surface area contributed by atoms with Crippen LogP contribution in [0, 0.1) is 5.82 Å². The summed E-state index contributed by atoms with van der Waals surface area (Å²) >= 11 is 9.37. The number of hydrogen-bond acceptors (Lipinski definition) is 3. The van der Waals surface area contributed by atoms with Crippen molar-refractivity contribution in [3.05, 3.63) is 27.4 Å².